The summed E-state index contributed by atoms with van der Waals surface area (Å²) in [6.07, 6.45) is 8.12. The summed E-state index contributed by atoms with van der Waals surface area (Å²) in [6, 6.07) is 6.73. The molecule has 142 valence electrons. The topological polar surface area (TPSA) is 87.6 Å². The molecule has 2 aliphatic carbocycles. The molecule has 0 atom stereocenters. The first-order valence-electron chi connectivity index (χ1n) is 9.42. The van der Waals surface area contributed by atoms with Gasteiger partial charge in [-0.1, -0.05) is 37.8 Å². The summed E-state index contributed by atoms with van der Waals surface area (Å²) in [5, 5.41) is 4.11. The zero-order valence-electron chi connectivity index (χ0n) is 15.2. The van der Waals surface area contributed by atoms with Gasteiger partial charge in [0.15, 0.2) is 0 Å². The van der Waals surface area contributed by atoms with Gasteiger partial charge in [-0.3, -0.25) is 4.79 Å². The number of nitrogens with one attached hydrogen (secondary N) is 2. The van der Waals surface area contributed by atoms with Crippen LogP contribution in [0.5, 0.6) is 0 Å². The Hall–Kier alpha value is -1.73. The summed E-state index contributed by atoms with van der Waals surface area (Å²) >= 11 is 0. The van der Waals surface area contributed by atoms with Crippen LogP contribution in [0.3, 0.4) is 0 Å². The molecule has 3 rings (SSSR count). The van der Waals surface area contributed by atoms with Gasteiger partial charge in [-0.05, 0) is 50.3 Å². The summed E-state index contributed by atoms with van der Waals surface area (Å²) in [7, 11) is -3.56. The minimum atomic E-state index is -3.56. The Labute approximate surface area is 155 Å². The van der Waals surface area contributed by atoms with Gasteiger partial charge in [-0.25, -0.2) is 18.6 Å². The van der Waals surface area contributed by atoms with E-state index in [2.05, 4.69) is 15.2 Å². The molecule has 6 nitrogen and oxygen atoms in total. The molecule has 2 fully saturated rings. The number of hydrogen-bond acceptors (Lipinski definition) is 4. The lowest BCUT2D eigenvalue weighted by atomic mass is 10.1. The predicted molar refractivity (Wildman–Crippen MR) is 101 cm³/mol. The van der Waals surface area contributed by atoms with Gasteiger partial charge in [0.2, 0.25) is 15.9 Å². The van der Waals surface area contributed by atoms with Crippen LogP contribution in [-0.2, 0) is 14.8 Å². The van der Waals surface area contributed by atoms with Crippen LogP contribution in [0.25, 0.3) is 0 Å². The van der Waals surface area contributed by atoms with E-state index in [1.165, 1.54) is 12.8 Å². The SMILES string of the molecule is C/C(=N/NC(=O)C1CC1)c1cccc(S(=O)(=O)NC2CCCCCC2)c1. The largest absolute Gasteiger partial charge is 0.273 e. The van der Waals surface area contributed by atoms with Crippen molar-refractivity contribution in [2.24, 2.45) is 11.0 Å². The molecule has 0 saturated heterocycles. The molecule has 0 aromatic heterocycles. The smallest absolute Gasteiger partial charge is 0.243 e. The van der Waals surface area contributed by atoms with Crippen molar-refractivity contribution in [1.29, 1.82) is 0 Å². The lowest BCUT2D eigenvalue weighted by Crippen LogP contribution is -2.34. The molecular weight excluding hydrogens is 350 g/mol. The third-order valence-electron chi connectivity index (χ3n) is 5.02. The van der Waals surface area contributed by atoms with Crippen LogP contribution >= 0.6 is 0 Å². The first-order chi connectivity index (χ1) is 12.5. The summed E-state index contributed by atoms with van der Waals surface area (Å²) in [5.41, 5.74) is 3.83. The molecule has 0 bridgehead atoms. The molecule has 7 heteroatoms. The quantitative estimate of drug-likeness (QED) is 0.454. The highest BCUT2D eigenvalue weighted by molar-refractivity contribution is 7.89. The molecule has 0 unspecified atom stereocenters. The summed E-state index contributed by atoms with van der Waals surface area (Å²) < 4.78 is 28.3. The molecule has 1 aromatic carbocycles. The van der Waals surface area contributed by atoms with Crippen molar-refractivity contribution in [3.63, 3.8) is 0 Å². The van der Waals surface area contributed by atoms with Gasteiger partial charge >= 0.3 is 0 Å². The molecule has 1 amide bonds. The first kappa shape index (κ1) is 19.0. The maximum Gasteiger partial charge on any atom is 0.243 e. The van der Waals surface area contributed by atoms with Gasteiger partial charge < -0.3 is 0 Å². The van der Waals surface area contributed by atoms with E-state index < -0.39 is 10.0 Å². The molecule has 1 aromatic rings. The van der Waals surface area contributed by atoms with Gasteiger partial charge in [0.1, 0.15) is 0 Å². The number of rotatable bonds is 6. The van der Waals surface area contributed by atoms with Gasteiger partial charge in [0.25, 0.3) is 0 Å². The molecule has 26 heavy (non-hydrogen) atoms. The van der Waals surface area contributed by atoms with E-state index in [1.54, 1.807) is 31.2 Å². The Morgan fingerprint density at radius 1 is 1.08 bits per heavy atom. The van der Waals surface area contributed by atoms with Crippen molar-refractivity contribution in [1.82, 2.24) is 10.1 Å². The minimum absolute atomic E-state index is 0.0127. The van der Waals surface area contributed by atoms with Gasteiger partial charge in [0.05, 0.1) is 10.6 Å². The minimum Gasteiger partial charge on any atom is -0.273 e. The Bertz CT molecular complexity index is 777. The van der Waals surface area contributed by atoms with Crippen LogP contribution in [0.1, 0.15) is 63.9 Å². The number of amides is 1. The lowest BCUT2D eigenvalue weighted by molar-refractivity contribution is -0.122. The van der Waals surface area contributed by atoms with Crippen LogP contribution in [0.15, 0.2) is 34.3 Å². The van der Waals surface area contributed by atoms with E-state index in [1.807, 2.05) is 0 Å². The first-order valence-corrected chi connectivity index (χ1v) is 10.9. The Morgan fingerprint density at radius 2 is 1.77 bits per heavy atom. The van der Waals surface area contributed by atoms with Crippen LogP contribution in [0.4, 0.5) is 0 Å². The number of hydrazone groups is 1. The molecule has 0 aliphatic heterocycles. The van der Waals surface area contributed by atoms with Crippen molar-refractivity contribution in [2.75, 3.05) is 0 Å². The molecule has 0 radical (unpaired) electrons. The standard InChI is InChI=1S/C19H27N3O3S/c1-14(20-21-19(23)15-11-12-15)16-7-6-10-18(13-16)26(24,25)22-17-8-4-2-3-5-9-17/h6-7,10,13,15,17,22H,2-5,8-9,11-12H2,1H3,(H,21,23)/b20-14-. The molecule has 0 heterocycles. The molecule has 2 aliphatic rings. The average Bonchev–Trinajstić information content (AvgIpc) is 3.47. The van der Waals surface area contributed by atoms with Crippen molar-refractivity contribution in [2.45, 2.75) is 69.2 Å². The highest BCUT2D eigenvalue weighted by Gasteiger charge is 2.29. The Kier molecular flexibility index (Phi) is 6.09. The van der Waals surface area contributed by atoms with Gasteiger partial charge in [-0.15, -0.1) is 0 Å². The Morgan fingerprint density at radius 3 is 2.42 bits per heavy atom. The van der Waals surface area contributed by atoms with Crippen LogP contribution in [-0.4, -0.2) is 26.1 Å². The number of nitrogens with zero attached hydrogens (tertiary/aromatic N) is 1. The maximum absolute atomic E-state index is 12.7. The monoisotopic (exact) mass is 377 g/mol. The van der Waals surface area contributed by atoms with Crippen molar-refractivity contribution in [3.05, 3.63) is 29.8 Å². The zero-order valence-corrected chi connectivity index (χ0v) is 16.0. The third-order valence-corrected chi connectivity index (χ3v) is 6.54. The summed E-state index contributed by atoms with van der Waals surface area (Å²) in [6.45, 7) is 1.76. The second-order valence-electron chi connectivity index (χ2n) is 7.29. The fourth-order valence-corrected chi connectivity index (χ4v) is 4.56. The molecular formula is C19H27N3O3S. The van der Waals surface area contributed by atoms with Crippen molar-refractivity contribution in [3.8, 4) is 0 Å². The third kappa shape index (κ3) is 5.14. The number of sulfonamides is 1. The fourth-order valence-electron chi connectivity index (χ4n) is 3.21. The van der Waals surface area contributed by atoms with Crippen LogP contribution in [0, 0.1) is 5.92 Å². The fraction of sp³-hybridized carbons (Fsp3) is 0.579. The highest BCUT2D eigenvalue weighted by atomic mass is 32.2. The normalized spacial score (nSPS) is 19.8. The number of carbonyl (C=O) groups is 1. The van der Waals surface area contributed by atoms with Gasteiger partial charge in [-0.2, -0.15) is 5.10 Å². The van der Waals surface area contributed by atoms with E-state index in [0.29, 0.717) is 11.3 Å². The van der Waals surface area contributed by atoms with E-state index in [9.17, 15) is 13.2 Å². The zero-order chi connectivity index (χ0) is 18.6. The molecule has 0 spiro atoms. The van der Waals surface area contributed by atoms with Crippen LogP contribution in [0.2, 0.25) is 0 Å². The predicted octanol–water partition coefficient (Wildman–Crippen LogP) is 2.94. The number of benzene rings is 1. The van der Waals surface area contributed by atoms with E-state index >= 15 is 0 Å². The van der Waals surface area contributed by atoms with Crippen molar-refractivity contribution < 1.29 is 13.2 Å². The lowest BCUT2D eigenvalue weighted by Gasteiger charge is -2.16. The average molecular weight is 378 g/mol. The van der Waals surface area contributed by atoms with E-state index in [-0.39, 0.29) is 22.8 Å². The maximum atomic E-state index is 12.7. The van der Waals surface area contributed by atoms with E-state index in [0.717, 1.165) is 38.5 Å². The summed E-state index contributed by atoms with van der Waals surface area (Å²) in [4.78, 5) is 11.9. The van der Waals surface area contributed by atoms with E-state index in [4.69, 9.17) is 0 Å². The number of carbonyl (C=O) groups excluding carboxylic acids is 1. The highest BCUT2D eigenvalue weighted by Crippen LogP contribution is 2.28. The second kappa shape index (κ2) is 8.31. The Balaban J connectivity index is 1.70. The van der Waals surface area contributed by atoms with Crippen LogP contribution < -0.4 is 10.1 Å². The molecule has 2 N–H and O–H groups in total. The van der Waals surface area contributed by atoms with Gasteiger partial charge in [0, 0.05) is 12.0 Å². The number of hydrogen-bond donors (Lipinski definition) is 2. The summed E-state index contributed by atoms with van der Waals surface area (Å²) in [5.74, 6) is 0.0187. The molecule has 2 saturated carbocycles. The second-order valence-corrected chi connectivity index (χ2v) is 9.00. The van der Waals surface area contributed by atoms with Crippen molar-refractivity contribution >= 4 is 21.6 Å².